The molecule has 24 heavy (non-hydrogen) atoms. The molecule has 1 fully saturated rings. The molecule has 2 aromatic carbocycles. The molecule has 5 heteroatoms. The van der Waals surface area contributed by atoms with Crippen LogP contribution in [0, 0.1) is 0 Å². The van der Waals surface area contributed by atoms with Crippen LogP contribution < -0.4 is 25.9 Å². The number of carbonyl (C=O) groups is 1. The van der Waals surface area contributed by atoms with Crippen molar-refractivity contribution in [3.05, 3.63) is 65.2 Å². The van der Waals surface area contributed by atoms with Gasteiger partial charge in [0, 0.05) is 0 Å². The average Bonchev–Trinajstić information content (AvgIpc) is 2.62. The van der Waals surface area contributed by atoms with Crippen molar-refractivity contribution < 1.29 is 40.6 Å². The minimum absolute atomic E-state index is 0.0507. The fourth-order valence-electron chi connectivity index (χ4n) is 2.62. The zero-order valence-corrected chi connectivity index (χ0v) is 15.4. The van der Waals surface area contributed by atoms with E-state index >= 15 is 0 Å². The predicted octanol–water partition coefficient (Wildman–Crippen LogP) is 0.342. The first-order valence-corrected chi connectivity index (χ1v) is 10.7. The van der Waals surface area contributed by atoms with Crippen LogP contribution >= 0.6 is 0 Å². The third kappa shape index (κ3) is 4.70. The van der Waals surface area contributed by atoms with Crippen LogP contribution in [0.4, 0.5) is 0 Å². The van der Waals surface area contributed by atoms with Gasteiger partial charge in [0.05, 0.1) is 0 Å². The zero-order valence-electron chi connectivity index (χ0n) is 13.3. The van der Waals surface area contributed by atoms with E-state index in [1.165, 1.54) is 0 Å². The van der Waals surface area contributed by atoms with E-state index < -0.39 is 5.97 Å². The van der Waals surface area contributed by atoms with E-state index in [0.29, 0.717) is 16.3 Å². The molecule has 1 aliphatic heterocycles. The van der Waals surface area contributed by atoms with Gasteiger partial charge in [0.1, 0.15) is 0 Å². The van der Waals surface area contributed by atoms with Gasteiger partial charge in [-0.05, 0) is 0 Å². The van der Waals surface area contributed by atoms with Gasteiger partial charge < -0.3 is 0 Å². The van der Waals surface area contributed by atoms with Crippen molar-refractivity contribution >= 4 is 5.97 Å². The fraction of sp³-hybridized carbons (Fsp3) is 0.316. The molecule has 0 amide bonds. The quantitative estimate of drug-likeness (QED) is 0.522. The van der Waals surface area contributed by atoms with E-state index in [1.807, 2.05) is 36.4 Å². The van der Waals surface area contributed by atoms with Crippen molar-refractivity contribution in [2.24, 2.45) is 0 Å². The summed E-state index contributed by atoms with van der Waals surface area (Å²) in [5, 5.41) is 9.50. The molecule has 1 atom stereocenters. The Morgan fingerprint density at radius 3 is 2.75 bits per heavy atom. The summed E-state index contributed by atoms with van der Waals surface area (Å²) in [6.45, 7) is 1.19. The second-order valence-electron chi connectivity index (χ2n) is 5.67. The molecule has 0 bridgehead atoms. The number of alkyl halides is 2. The van der Waals surface area contributed by atoms with Crippen LogP contribution in [0.3, 0.4) is 0 Å². The number of hydrogen-bond acceptors (Lipinski definition) is 3. The van der Waals surface area contributed by atoms with Crippen molar-refractivity contribution in [2.75, 3.05) is 11.2 Å². The van der Waals surface area contributed by atoms with Crippen LogP contribution in [0.5, 0.6) is 5.75 Å². The monoisotopic (exact) mass is 439 g/mol. The first-order valence-electron chi connectivity index (χ1n) is 7.91. The van der Waals surface area contributed by atoms with Gasteiger partial charge in [-0.25, -0.2) is 0 Å². The second kappa shape index (κ2) is 8.48. The first-order chi connectivity index (χ1) is 11.7. The third-order valence-electron chi connectivity index (χ3n) is 3.90. The molecule has 0 radical (unpaired) electrons. The zero-order chi connectivity index (χ0) is 16.8. The van der Waals surface area contributed by atoms with Crippen LogP contribution in [0.25, 0.3) is 0 Å². The molecule has 3 rings (SSSR count). The number of carboxylic acids is 1. The van der Waals surface area contributed by atoms with Gasteiger partial charge in [0.15, 0.2) is 0 Å². The van der Waals surface area contributed by atoms with Crippen molar-refractivity contribution in [2.45, 2.75) is 23.4 Å². The predicted molar refractivity (Wildman–Crippen MR) is 87.1 cm³/mol. The molecular formula is C19H20IO4-. The molecule has 1 aliphatic rings. The Hall–Kier alpha value is -1.60. The maximum absolute atomic E-state index is 11.6. The van der Waals surface area contributed by atoms with E-state index in [2.05, 4.69) is 0 Å². The number of benzene rings is 2. The van der Waals surface area contributed by atoms with Crippen LogP contribution in [0.2, 0.25) is 0 Å². The van der Waals surface area contributed by atoms with Gasteiger partial charge in [-0.3, -0.25) is 0 Å². The van der Waals surface area contributed by atoms with E-state index in [9.17, 15) is 9.90 Å². The molecule has 1 N–H and O–H groups in total. The Labute approximate surface area is 152 Å². The molecule has 4 nitrogen and oxygen atoms in total. The summed E-state index contributed by atoms with van der Waals surface area (Å²) >= 11 is 0.0507. The van der Waals surface area contributed by atoms with Gasteiger partial charge in [-0.1, -0.05) is 0 Å². The van der Waals surface area contributed by atoms with E-state index in [1.54, 1.807) is 12.1 Å². The average molecular weight is 439 g/mol. The van der Waals surface area contributed by atoms with Crippen molar-refractivity contribution in [1.82, 2.24) is 0 Å². The summed E-state index contributed by atoms with van der Waals surface area (Å²) in [5.41, 5.74) is 2.34. The summed E-state index contributed by atoms with van der Waals surface area (Å²) in [4.78, 5) is 11.6. The van der Waals surface area contributed by atoms with Crippen LogP contribution in [0.15, 0.2) is 48.5 Å². The summed E-state index contributed by atoms with van der Waals surface area (Å²) in [7, 11) is 0. The Kier molecular flexibility index (Phi) is 6.09. The number of ether oxygens (including phenoxy) is 2. The van der Waals surface area contributed by atoms with Gasteiger partial charge in [0.2, 0.25) is 0 Å². The Morgan fingerprint density at radius 2 is 2.04 bits per heavy atom. The van der Waals surface area contributed by atoms with Gasteiger partial charge >= 0.3 is 152 Å². The first kappa shape index (κ1) is 17.2. The number of hydrogen-bond donors (Lipinski definition) is 1. The summed E-state index contributed by atoms with van der Waals surface area (Å²) in [5.74, 6) is -0.515. The Balaban J connectivity index is 1.70. The number of aromatic carboxylic acids is 1. The topological polar surface area (TPSA) is 55.8 Å². The fourth-order valence-corrected chi connectivity index (χ4v) is 5.21. The summed E-state index contributed by atoms with van der Waals surface area (Å²) in [6, 6.07) is 15.3. The molecule has 128 valence electrons. The molecule has 0 saturated carbocycles. The standard InChI is InChI=1S/C19H20IO4/c21-19(22)17-11-15(10-16-8-9-23-13-20-16)6-7-18(17)24-12-14-4-2-1-3-5-14/h1-7,11,16H,8-10,12-13H2,(H,21,22)/q-1. The molecule has 1 saturated heterocycles. The van der Waals surface area contributed by atoms with Crippen LogP contribution in [-0.4, -0.2) is 26.2 Å². The van der Waals surface area contributed by atoms with Gasteiger partial charge in [0.25, 0.3) is 0 Å². The second-order valence-corrected chi connectivity index (χ2v) is 8.94. The van der Waals surface area contributed by atoms with E-state index in [0.717, 1.165) is 35.2 Å². The van der Waals surface area contributed by atoms with Gasteiger partial charge in [-0.2, -0.15) is 0 Å². The molecule has 0 aliphatic carbocycles. The number of halogens is 1. The van der Waals surface area contributed by atoms with Gasteiger partial charge in [-0.15, -0.1) is 0 Å². The molecule has 0 spiro atoms. The molecule has 1 unspecified atom stereocenters. The maximum atomic E-state index is 11.6. The molecule has 1 heterocycles. The molecular weight excluding hydrogens is 419 g/mol. The SMILES string of the molecule is O=C(O)c1cc(CC2CCOC[I-]2)ccc1OCc1ccccc1. The van der Waals surface area contributed by atoms with E-state index in [4.69, 9.17) is 9.47 Å². The van der Waals surface area contributed by atoms with Crippen molar-refractivity contribution in [3.8, 4) is 5.75 Å². The van der Waals surface area contributed by atoms with Crippen molar-refractivity contribution in [1.29, 1.82) is 0 Å². The summed E-state index contributed by atoms with van der Waals surface area (Å²) < 4.78 is 12.7. The minimum atomic E-state index is -0.943. The normalized spacial score (nSPS) is 17.8. The third-order valence-corrected chi connectivity index (χ3v) is 7.01. The Bertz CT molecular complexity index is 681. The van der Waals surface area contributed by atoms with E-state index in [-0.39, 0.29) is 26.8 Å². The molecule has 0 aromatic heterocycles. The van der Waals surface area contributed by atoms with Crippen LogP contribution in [0.1, 0.15) is 27.9 Å². The number of carboxylic acid groups (broad SMARTS) is 1. The molecule has 2 aromatic rings. The summed E-state index contributed by atoms with van der Waals surface area (Å²) in [6.07, 6.45) is 2.03. The number of rotatable bonds is 6. The Morgan fingerprint density at radius 1 is 1.21 bits per heavy atom. The van der Waals surface area contributed by atoms with Crippen LogP contribution in [-0.2, 0) is 17.8 Å². The van der Waals surface area contributed by atoms with Crippen molar-refractivity contribution in [3.63, 3.8) is 0 Å².